The molecule has 10 heteroatoms. The van der Waals surface area contributed by atoms with E-state index in [0.29, 0.717) is 24.4 Å². The SMILES string of the molecule is CCN(CC(=O)N1CCSC1c1ccccc1F)c1c(N)n(Cc2ccccc2)c(=O)[nH]c1=O. The van der Waals surface area contributed by atoms with E-state index in [1.54, 1.807) is 34.9 Å². The molecule has 178 valence electrons. The van der Waals surface area contributed by atoms with E-state index in [4.69, 9.17) is 5.73 Å². The number of hydrogen-bond donors (Lipinski definition) is 2. The van der Waals surface area contributed by atoms with E-state index in [2.05, 4.69) is 4.98 Å². The first kappa shape index (κ1) is 23.6. The van der Waals surface area contributed by atoms with Crippen molar-refractivity contribution in [2.24, 2.45) is 0 Å². The van der Waals surface area contributed by atoms with Gasteiger partial charge in [0, 0.05) is 24.4 Å². The lowest BCUT2D eigenvalue weighted by Gasteiger charge is -2.29. The highest BCUT2D eigenvalue weighted by Crippen LogP contribution is 2.39. The number of nitrogens with two attached hydrogens (primary N) is 1. The molecule has 1 saturated heterocycles. The van der Waals surface area contributed by atoms with Crippen LogP contribution in [0.1, 0.15) is 23.4 Å². The molecular weight excluding hydrogens is 457 g/mol. The summed E-state index contributed by atoms with van der Waals surface area (Å²) in [4.78, 5) is 44.0. The quantitative estimate of drug-likeness (QED) is 0.535. The Bertz CT molecular complexity index is 1290. The Labute approximate surface area is 200 Å². The number of aromatic nitrogens is 2. The summed E-state index contributed by atoms with van der Waals surface area (Å²) in [5.74, 6) is 0.0655. The summed E-state index contributed by atoms with van der Waals surface area (Å²) in [6.45, 7) is 2.64. The second-order valence-corrected chi connectivity index (χ2v) is 9.10. The first-order valence-corrected chi connectivity index (χ1v) is 12.0. The van der Waals surface area contributed by atoms with Crippen LogP contribution in [-0.2, 0) is 11.3 Å². The normalized spacial score (nSPS) is 15.5. The fraction of sp³-hybridized carbons (Fsp3) is 0.292. The third-order valence-corrected chi connectivity index (χ3v) is 7.05. The maximum atomic E-state index is 14.4. The molecule has 0 radical (unpaired) electrons. The highest BCUT2D eigenvalue weighted by Gasteiger charge is 2.33. The van der Waals surface area contributed by atoms with Crippen LogP contribution < -0.4 is 21.9 Å². The van der Waals surface area contributed by atoms with Gasteiger partial charge in [0.1, 0.15) is 22.7 Å². The molecule has 1 aromatic heterocycles. The van der Waals surface area contributed by atoms with Crippen molar-refractivity contribution < 1.29 is 9.18 Å². The van der Waals surface area contributed by atoms with Gasteiger partial charge in [-0.3, -0.25) is 19.1 Å². The summed E-state index contributed by atoms with van der Waals surface area (Å²) >= 11 is 1.50. The molecule has 0 bridgehead atoms. The average Bonchev–Trinajstić information content (AvgIpc) is 3.32. The second kappa shape index (κ2) is 10.2. The number of carbonyl (C=O) groups excluding carboxylic acids is 1. The van der Waals surface area contributed by atoms with Crippen LogP contribution >= 0.6 is 11.8 Å². The van der Waals surface area contributed by atoms with Crippen LogP contribution in [0.25, 0.3) is 0 Å². The van der Waals surface area contributed by atoms with Gasteiger partial charge in [-0.15, -0.1) is 11.8 Å². The highest BCUT2D eigenvalue weighted by molar-refractivity contribution is 7.99. The lowest BCUT2D eigenvalue weighted by molar-refractivity contribution is -0.129. The van der Waals surface area contributed by atoms with Crippen LogP contribution in [0, 0.1) is 5.82 Å². The smallest absolute Gasteiger partial charge is 0.330 e. The summed E-state index contributed by atoms with van der Waals surface area (Å²) < 4.78 is 15.7. The van der Waals surface area contributed by atoms with Gasteiger partial charge in [0.15, 0.2) is 0 Å². The number of H-pyrrole nitrogens is 1. The maximum Gasteiger partial charge on any atom is 0.330 e. The van der Waals surface area contributed by atoms with Crippen molar-refractivity contribution in [3.63, 3.8) is 0 Å². The number of nitrogen functional groups attached to an aromatic ring is 1. The molecule has 3 aromatic rings. The van der Waals surface area contributed by atoms with Crippen molar-refractivity contribution in [1.29, 1.82) is 0 Å². The molecule has 4 rings (SSSR count). The molecule has 1 aliphatic rings. The van der Waals surface area contributed by atoms with Crippen molar-refractivity contribution in [2.75, 3.05) is 36.0 Å². The predicted molar refractivity (Wildman–Crippen MR) is 132 cm³/mol. The average molecular weight is 484 g/mol. The van der Waals surface area contributed by atoms with E-state index in [1.807, 2.05) is 30.3 Å². The number of nitrogens with zero attached hydrogens (tertiary/aromatic N) is 3. The number of rotatable bonds is 7. The predicted octanol–water partition coefficient (Wildman–Crippen LogP) is 2.41. The number of hydrogen-bond acceptors (Lipinski definition) is 6. The molecule has 2 heterocycles. The first-order chi connectivity index (χ1) is 16.4. The van der Waals surface area contributed by atoms with Gasteiger partial charge >= 0.3 is 5.69 Å². The molecule has 34 heavy (non-hydrogen) atoms. The molecule has 3 N–H and O–H groups in total. The van der Waals surface area contributed by atoms with Gasteiger partial charge < -0.3 is 15.5 Å². The van der Waals surface area contributed by atoms with Crippen molar-refractivity contribution in [3.05, 3.63) is 92.4 Å². The first-order valence-electron chi connectivity index (χ1n) is 11.0. The summed E-state index contributed by atoms with van der Waals surface area (Å²) in [6, 6.07) is 15.7. The molecule has 8 nitrogen and oxygen atoms in total. The number of amides is 1. The van der Waals surface area contributed by atoms with Crippen molar-refractivity contribution in [2.45, 2.75) is 18.8 Å². The molecular formula is C24H26FN5O3S. The number of thioether (sulfide) groups is 1. The Morgan fingerprint density at radius 1 is 1.18 bits per heavy atom. The molecule has 1 amide bonds. The van der Waals surface area contributed by atoms with Gasteiger partial charge in [0.05, 0.1) is 13.1 Å². The standard InChI is InChI=1S/C24H26FN5O3S/c1-2-28(15-19(31)29-12-13-34-23(29)17-10-6-7-11-18(17)25)20-21(26)30(24(33)27-22(20)32)14-16-8-4-3-5-9-16/h3-11,23H,2,12-15,26H2,1H3,(H,27,32,33). The Morgan fingerprint density at radius 2 is 1.88 bits per heavy atom. The minimum absolute atomic E-state index is 0.00583. The Hall–Kier alpha value is -3.53. The lowest BCUT2D eigenvalue weighted by Crippen LogP contribution is -2.44. The summed E-state index contributed by atoms with van der Waals surface area (Å²) in [7, 11) is 0. The molecule has 1 aliphatic heterocycles. The minimum atomic E-state index is -0.650. The van der Waals surface area contributed by atoms with Crippen molar-refractivity contribution in [3.8, 4) is 0 Å². The zero-order chi connectivity index (χ0) is 24.2. The fourth-order valence-electron chi connectivity index (χ4n) is 4.07. The zero-order valence-corrected chi connectivity index (χ0v) is 19.6. The molecule has 1 atom stereocenters. The third-order valence-electron chi connectivity index (χ3n) is 5.80. The maximum absolute atomic E-state index is 14.4. The highest BCUT2D eigenvalue weighted by atomic mass is 32.2. The number of aromatic amines is 1. The van der Waals surface area contributed by atoms with Crippen LogP contribution in [0.3, 0.4) is 0 Å². The van der Waals surface area contributed by atoms with Gasteiger partial charge in [0.2, 0.25) is 5.91 Å². The summed E-state index contributed by atoms with van der Waals surface area (Å²) in [5, 5.41) is -0.435. The minimum Gasteiger partial charge on any atom is -0.383 e. The second-order valence-electron chi connectivity index (χ2n) is 7.91. The molecule has 1 unspecified atom stereocenters. The molecule has 0 aliphatic carbocycles. The largest absolute Gasteiger partial charge is 0.383 e. The number of benzene rings is 2. The number of likely N-dealkylation sites (N-methyl/N-ethyl adjacent to an activating group) is 1. The van der Waals surface area contributed by atoms with E-state index in [0.717, 1.165) is 5.56 Å². The Kier molecular flexibility index (Phi) is 7.06. The van der Waals surface area contributed by atoms with Crippen molar-refractivity contribution in [1.82, 2.24) is 14.5 Å². The van der Waals surface area contributed by atoms with Crippen LogP contribution in [0.4, 0.5) is 15.9 Å². The van der Waals surface area contributed by atoms with Crippen LogP contribution in [0.15, 0.2) is 64.2 Å². The van der Waals surface area contributed by atoms with Crippen molar-refractivity contribution >= 4 is 29.2 Å². The van der Waals surface area contributed by atoms with Gasteiger partial charge in [-0.05, 0) is 18.6 Å². The van der Waals surface area contributed by atoms with Gasteiger partial charge in [-0.1, -0.05) is 48.5 Å². The molecule has 1 fully saturated rings. The summed E-state index contributed by atoms with van der Waals surface area (Å²) in [5.41, 5.74) is 6.40. The van der Waals surface area contributed by atoms with E-state index in [-0.39, 0.29) is 36.3 Å². The van der Waals surface area contributed by atoms with Gasteiger partial charge in [-0.2, -0.15) is 0 Å². The van der Waals surface area contributed by atoms with Crippen LogP contribution in [-0.4, -0.2) is 45.7 Å². The number of anilines is 2. The number of halogens is 1. The van der Waals surface area contributed by atoms with Gasteiger partial charge in [-0.25, -0.2) is 9.18 Å². The Balaban J connectivity index is 1.62. The molecule has 0 spiro atoms. The van der Waals surface area contributed by atoms with Crippen LogP contribution in [0.2, 0.25) is 0 Å². The zero-order valence-electron chi connectivity index (χ0n) is 18.7. The third kappa shape index (κ3) is 4.72. The van der Waals surface area contributed by atoms with E-state index >= 15 is 0 Å². The molecule has 2 aromatic carbocycles. The molecule has 0 saturated carbocycles. The van der Waals surface area contributed by atoms with Gasteiger partial charge in [0.25, 0.3) is 5.56 Å². The Morgan fingerprint density at radius 3 is 2.59 bits per heavy atom. The summed E-state index contributed by atoms with van der Waals surface area (Å²) in [6.07, 6.45) is 0. The van der Waals surface area contributed by atoms with E-state index < -0.39 is 16.6 Å². The van der Waals surface area contributed by atoms with E-state index in [1.165, 1.54) is 22.4 Å². The number of nitrogens with one attached hydrogen (secondary N) is 1. The monoisotopic (exact) mass is 483 g/mol. The lowest BCUT2D eigenvalue weighted by atomic mass is 10.2. The van der Waals surface area contributed by atoms with Crippen LogP contribution in [0.5, 0.6) is 0 Å². The topological polar surface area (TPSA) is 104 Å². The fourth-order valence-corrected chi connectivity index (χ4v) is 5.37. The number of carbonyl (C=O) groups is 1. The van der Waals surface area contributed by atoms with E-state index in [9.17, 15) is 18.8 Å².